The smallest absolute Gasteiger partial charge is 0.258 e. The summed E-state index contributed by atoms with van der Waals surface area (Å²) in [4.78, 5) is 12.3. The lowest BCUT2D eigenvalue weighted by atomic mass is 9.97. The molecule has 1 saturated heterocycles. The molecule has 2 aromatic rings. The SMILES string of the molecule is COc1c(F)ccc(F)c1C(=O)NC[C@H]1CCO[C@@H]1c1cn[nH]c1. The lowest BCUT2D eigenvalue weighted by Crippen LogP contribution is -2.31. The number of carbonyl (C=O) groups is 1. The van der Waals surface area contributed by atoms with Crippen LogP contribution >= 0.6 is 0 Å². The van der Waals surface area contributed by atoms with E-state index in [1.807, 2.05) is 0 Å². The Kier molecular flexibility index (Phi) is 4.75. The Hall–Kier alpha value is -2.48. The van der Waals surface area contributed by atoms with Crippen molar-refractivity contribution >= 4 is 5.91 Å². The van der Waals surface area contributed by atoms with Gasteiger partial charge in [-0.1, -0.05) is 0 Å². The summed E-state index contributed by atoms with van der Waals surface area (Å²) in [7, 11) is 1.19. The van der Waals surface area contributed by atoms with Crippen molar-refractivity contribution in [1.82, 2.24) is 15.5 Å². The van der Waals surface area contributed by atoms with Crippen LogP contribution in [0.2, 0.25) is 0 Å². The van der Waals surface area contributed by atoms with Crippen molar-refractivity contribution in [2.45, 2.75) is 12.5 Å². The summed E-state index contributed by atoms with van der Waals surface area (Å²) in [6.07, 6.45) is 3.96. The number of benzene rings is 1. The number of halogens is 2. The molecule has 0 aliphatic carbocycles. The molecule has 128 valence electrons. The van der Waals surface area contributed by atoms with E-state index in [0.29, 0.717) is 6.61 Å². The van der Waals surface area contributed by atoms with Gasteiger partial charge in [-0.15, -0.1) is 0 Å². The van der Waals surface area contributed by atoms with Gasteiger partial charge in [-0.3, -0.25) is 9.89 Å². The second-order valence-electron chi connectivity index (χ2n) is 5.52. The minimum absolute atomic E-state index is 0.0224. The molecule has 0 spiro atoms. The van der Waals surface area contributed by atoms with Gasteiger partial charge in [0.05, 0.1) is 19.4 Å². The fourth-order valence-corrected chi connectivity index (χ4v) is 2.88. The van der Waals surface area contributed by atoms with Crippen LogP contribution in [0.4, 0.5) is 8.78 Å². The first-order valence-corrected chi connectivity index (χ1v) is 7.52. The molecule has 6 nitrogen and oxygen atoms in total. The highest BCUT2D eigenvalue weighted by molar-refractivity contribution is 5.97. The average molecular weight is 337 g/mol. The van der Waals surface area contributed by atoms with Gasteiger partial charge in [-0.25, -0.2) is 8.78 Å². The molecule has 1 amide bonds. The van der Waals surface area contributed by atoms with Gasteiger partial charge >= 0.3 is 0 Å². The van der Waals surface area contributed by atoms with Gasteiger partial charge < -0.3 is 14.8 Å². The van der Waals surface area contributed by atoms with E-state index >= 15 is 0 Å². The van der Waals surface area contributed by atoms with E-state index in [0.717, 1.165) is 24.1 Å². The predicted octanol–water partition coefficient (Wildman–Crippen LogP) is 2.20. The Morgan fingerprint density at radius 3 is 2.96 bits per heavy atom. The lowest BCUT2D eigenvalue weighted by Gasteiger charge is -2.18. The number of rotatable bonds is 5. The molecule has 1 aromatic heterocycles. The Bertz CT molecular complexity index is 722. The highest BCUT2D eigenvalue weighted by atomic mass is 19.1. The second-order valence-corrected chi connectivity index (χ2v) is 5.52. The molecular weight excluding hydrogens is 320 g/mol. The molecule has 1 fully saturated rings. The summed E-state index contributed by atoms with van der Waals surface area (Å²) in [5.74, 6) is -2.72. The number of hydrogen-bond acceptors (Lipinski definition) is 4. The fraction of sp³-hybridized carbons (Fsp3) is 0.375. The Balaban J connectivity index is 1.71. The quantitative estimate of drug-likeness (QED) is 0.877. The van der Waals surface area contributed by atoms with Crippen LogP contribution in [0.15, 0.2) is 24.5 Å². The maximum atomic E-state index is 13.9. The van der Waals surface area contributed by atoms with Crippen molar-refractivity contribution in [2.75, 3.05) is 20.3 Å². The topological polar surface area (TPSA) is 76.2 Å². The first kappa shape index (κ1) is 16.4. The molecule has 0 bridgehead atoms. The molecule has 1 aliphatic heterocycles. The number of amides is 1. The monoisotopic (exact) mass is 337 g/mol. The summed E-state index contributed by atoms with van der Waals surface area (Å²) in [6, 6.07) is 1.82. The molecule has 1 aromatic carbocycles. The highest BCUT2D eigenvalue weighted by Crippen LogP contribution is 2.33. The van der Waals surface area contributed by atoms with Gasteiger partial charge in [0.1, 0.15) is 11.4 Å². The molecule has 0 unspecified atom stereocenters. The van der Waals surface area contributed by atoms with Crippen LogP contribution < -0.4 is 10.1 Å². The number of nitrogens with one attached hydrogen (secondary N) is 2. The van der Waals surface area contributed by atoms with Crippen molar-refractivity contribution in [2.24, 2.45) is 5.92 Å². The van der Waals surface area contributed by atoms with Crippen LogP contribution in [0.5, 0.6) is 5.75 Å². The molecule has 0 saturated carbocycles. The maximum absolute atomic E-state index is 13.9. The predicted molar refractivity (Wildman–Crippen MR) is 80.6 cm³/mol. The number of H-pyrrole nitrogens is 1. The number of aromatic amines is 1. The van der Waals surface area contributed by atoms with Crippen LogP contribution in [0.3, 0.4) is 0 Å². The van der Waals surface area contributed by atoms with Crippen molar-refractivity contribution in [1.29, 1.82) is 0 Å². The number of aromatic nitrogens is 2. The minimum atomic E-state index is -0.834. The van der Waals surface area contributed by atoms with Crippen LogP contribution in [0.1, 0.15) is 28.4 Å². The van der Waals surface area contributed by atoms with E-state index in [1.54, 1.807) is 12.4 Å². The van der Waals surface area contributed by atoms with Gasteiger partial charge in [-0.05, 0) is 18.6 Å². The summed E-state index contributed by atoms with van der Waals surface area (Å²) < 4.78 is 38.1. The van der Waals surface area contributed by atoms with Crippen LogP contribution in [0, 0.1) is 17.6 Å². The molecule has 8 heteroatoms. The van der Waals surface area contributed by atoms with Crippen LogP contribution in [0.25, 0.3) is 0 Å². The van der Waals surface area contributed by atoms with E-state index in [9.17, 15) is 13.6 Å². The van der Waals surface area contributed by atoms with Crippen molar-refractivity contribution in [3.63, 3.8) is 0 Å². The van der Waals surface area contributed by atoms with E-state index < -0.39 is 28.9 Å². The number of nitrogens with zero attached hydrogens (tertiary/aromatic N) is 1. The van der Waals surface area contributed by atoms with E-state index in [4.69, 9.17) is 9.47 Å². The molecule has 2 heterocycles. The number of methoxy groups -OCH3 is 1. The number of carbonyl (C=O) groups excluding carboxylic acids is 1. The number of ether oxygens (including phenoxy) is 2. The van der Waals surface area contributed by atoms with Gasteiger partial charge in [0.15, 0.2) is 11.6 Å². The fourth-order valence-electron chi connectivity index (χ4n) is 2.88. The molecule has 3 rings (SSSR count). The van der Waals surface area contributed by atoms with Gasteiger partial charge in [-0.2, -0.15) is 5.10 Å². The zero-order valence-electron chi connectivity index (χ0n) is 13.0. The van der Waals surface area contributed by atoms with Crippen molar-refractivity contribution < 1.29 is 23.0 Å². The third-order valence-electron chi connectivity index (χ3n) is 4.08. The summed E-state index contributed by atoms with van der Waals surface area (Å²) in [5.41, 5.74) is 0.456. The zero-order chi connectivity index (χ0) is 17.1. The first-order chi connectivity index (χ1) is 11.6. The van der Waals surface area contributed by atoms with Crippen molar-refractivity contribution in [3.8, 4) is 5.75 Å². The molecule has 2 N–H and O–H groups in total. The third-order valence-corrected chi connectivity index (χ3v) is 4.08. The molecular formula is C16H17F2N3O3. The van der Waals surface area contributed by atoms with Gasteiger partial charge in [0.2, 0.25) is 0 Å². The summed E-state index contributed by atoms with van der Waals surface area (Å²) >= 11 is 0. The minimum Gasteiger partial charge on any atom is -0.493 e. The summed E-state index contributed by atoms with van der Waals surface area (Å²) in [5, 5.41) is 9.25. The number of hydrogen-bond donors (Lipinski definition) is 2. The second kappa shape index (κ2) is 6.96. The Labute approximate surface area is 137 Å². The van der Waals surface area contributed by atoms with Crippen LogP contribution in [-0.2, 0) is 4.74 Å². The lowest BCUT2D eigenvalue weighted by molar-refractivity contribution is 0.0842. The third kappa shape index (κ3) is 3.09. The highest BCUT2D eigenvalue weighted by Gasteiger charge is 2.31. The molecule has 0 radical (unpaired) electrons. The Morgan fingerprint density at radius 1 is 1.46 bits per heavy atom. The Morgan fingerprint density at radius 2 is 2.25 bits per heavy atom. The van der Waals surface area contributed by atoms with Crippen LogP contribution in [-0.4, -0.2) is 36.4 Å². The van der Waals surface area contributed by atoms with Crippen molar-refractivity contribution in [3.05, 3.63) is 47.3 Å². The molecule has 2 atom stereocenters. The first-order valence-electron chi connectivity index (χ1n) is 7.52. The largest absolute Gasteiger partial charge is 0.493 e. The van der Waals surface area contributed by atoms with E-state index in [-0.39, 0.29) is 18.6 Å². The zero-order valence-corrected chi connectivity index (χ0v) is 13.0. The normalized spacial score (nSPS) is 20.1. The standard InChI is InChI=1S/C16H17F2N3O3/c1-23-15-12(18)3-2-11(17)13(15)16(22)19-6-9-4-5-24-14(9)10-7-20-21-8-10/h2-3,7-9,14H,4-6H2,1H3,(H,19,22)(H,20,21)/t9-,14+/m1/s1. The summed E-state index contributed by atoms with van der Waals surface area (Å²) in [6.45, 7) is 0.835. The van der Waals surface area contributed by atoms with E-state index in [1.165, 1.54) is 7.11 Å². The van der Waals surface area contributed by atoms with Gasteiger partial charge in [0.25, 0.3) is 5.91 Å². The molecule has 1 aliphatic rings. The maximum Gasteiger partial charge on any atom is 0.258 e. The molecule has 24 heavy (non-hydrogen) atoms. The average Bonchev–Trinajstić information content (AvgIpc) is 3.25. The van der Waals surface area contributed by atoms with E-state index in [2.05, 4.69) is 15.5 Å². The van der Waals surface area contributed by atoms with Gasteiger partial charge in [0, 0.05) is 30.8 Å².